The van der Waals surface area contributed by atoms with Gasteiger partial charge in [0.15, 0.2) is 0 Å². The van der Waals surface area contributed by atoms with E-state index in [0.29, 0.717) is 12.2 Å². The molecule has 0 aromatic heterocycles. The fraction of sp³-hybridized carbons (Fsp3) is 0.304. The molecule has 1 atom stereocenters. The lowest BCUT2D eigenvalue weighted by molar-refractivity contribution is -0.120. The van der Waals surface area contributed by atoms with Gasteiger partial charge in [-0.05, 0) is 31.0 Å². The molecule has 146 valence electrons. The van der Waals surface area contributed by atoms with Crippen molar-refractivity contribution in [1.82, 2.24) is 4.90 Å². The van der Waals surface area contributed by atoms with Gasteiger partial charge >= 0.3 is 0 Å². The number of hydrogen-bond acceptors (Lipinski definition) is 3. The highest BCUT2D eigenvalue weighted by Gasteiger charge is 2.30. The molecule has 1 unspecified atom stereocenters. The molecule has 0 aliphatic carbocycles. The van der Waals surface area contributed by atoms with Crippen molar-refractivity contribution in [2.75, 3.05) is 29.9 Å². The molecule has 0 radical (unpaired) electrons. The highest BCUT2D eigenvalue weighted by atomic mass is 16.2. The molecule has 0 spiro atoms. The molecule has 5 nitrogen and oxygen atoms in total. The average molecular weight is 377 g/mol. The maximum Gasteiger partial charge on any atom is 0.241 e. The number of nitrogens with one attached hydrogen (secondary N) is 1. The molecule has 1 heterocycles. The third-order valence-electron chi connectivity index (χ3n) is 4.93. The minimum Gasteiger partial charge on any atom is -0.324 e. The van der Waals surface area contributed by atoms with Crippen molar-refractivity contribution in [2.24, 2.45) is 0 Å². The summed E-state index contributed by atoms with van der Waals surface area (Å²) in [5.74, 6) is -0.0753. The molecule has 2 aromatic rings. The van der Waals surface area contributed by atoms with Gasteiger partial charge in [-0.1, -0.05) is 48.5 Å². The number of anilines is 2. The minimum atomic E-state index is -0.198. The minimum absolute atomic E-state index is 0.00800. The lowest BCUT2D eigenvalue weighted by Gasteiger charge is -2.30. The quantitative estimate of drug-likeness (QED) is 0.752. The van der Waals surface area contributed by atoms with Crippen LogP contribution in [0.25, 0.3) is 0 Å². The maximum atomic E-state index is 13.2. The molecule has 0 bridgehead atoms. The third-order valence-corrected chi connectivity index (χ3v) is 4.93. The topological polar surface area (TPSA) is 52.7 Å². The second-order valence-electron chi connectivity index (χ2n) is 7.14. The Morgan fingerprint density at radius 2 is 1.93 bits per heavy atom. The van der Waals surface area contributed by atoms with Gasteiger partial charge in [-0.3, -0.25) is 14.5 Å². The molecule has 0 fully saturated rings. The van der Waals surface area contributed by atoms with Gasteiger partial charge in [-0.25, -0.2) is 0 Å². The molecule has 2 amide bonds. The van der Waals surface area contributed by atoms with Crippen molar-refractivity contribution >= 4 is 23.2 Å². The molecule has 3 rings (SSSR count). The van der Waals surface area contributed by atoms with E-state index in [9.17, 15) is 9.59 Å². The first-order valence-corrected chi connectivity index (χ1v) is 9.66. The molecule has 1 aliphatic rings. The lowest BCUT2D eigenvalue weighted by Crippen LogP contribution is -2.45. The number of carbonyl (C=O) groups excluding carboxylic acids is 2. The first-order chi connectivity index (χ1) is 13.6. The van der Waals surface area contributed by atoms with E-state index in [4.69, 9.17) is 0 Å². The summed E-state index contributed by atoms with van der Waals surface area (Å²) >= 11 is 0. The standard InChI is InChI=1S/C23H27N3O2/c1-3-14-25(15-13-19-9-5-4-6-10-19)17-23(28)26-18(2)16-22(27)24-20-11-7-8-12-21(20)26/h3-12,18H,1,13-17H2,2H3,(H,24,27). The monoisotopic (exact) mass is 377 g/mol. The Morgan fingerprint density at radius 3 is 2.68 bits per heavy atom. The Labute approximate surface area is 166 Å². The number of amides is 2. The van der Waals surface area contributed by atoms with Crippen molar-refractivity contribution < 1.29 is 9.59 Å². The second kappa shape index (κ2) is 9.33. The zero-order valence-corrected chi connectivity index (χ0v) is 16.3. The highest BCUT2D eigenvalue weighted by Crippen LogP contribution is 2.31. The Balaban J connectivity index is 1.75. The zero-order chi connectivity index (χ0) is 19.9. The van der Waals surface area contributed by atoms with Crippen LogP contribution >= 0.6 is 0 Å². The molecular weight excluding hydrogens is 350 g/mol. The summed E-state index contributed by atoms with van der Waals surface area (Å²) in [4.78, 5) is 29.2. The summed E-state index contributed by atoms with van der Waals surface area (Å²) in [6.07, 6.45) is 2.98. The van der Waals surface area contributed by atoms with Gasteiger partial charge in [-0.15, -0.1) is 6.58 Å². The Hall–Kier alpha value is -2.92. The van der Waals surface area contributed by atoms with E-state index in [1.54, 1.807) is 4.90 Å². The molecule has 0 saturated heterocycles. The van der Waals surface area contributed by atoms with Crippen LogP contribution < -0.4 is 10.2 Å². The number of para-hydroxylation sites is 2. The Kier molecular flexibility index (Phi) is 6.61. The number of benzene rings is 2. The summed E-state index contributed by atoms with van der Waals surface area (Å²) in [5.41, 5.74) is 2.68. The van der Waals surface area contributed by atoms with Crippen LogP contribution in [0.1, 0.15) is 18.9 Å². The average Bonchev–Trinajstić information content (AvgIpc) is 2.81. The van der Waals surface area contributed by atoms with Gasteiger partial charge in [0, 0.05) is 25.6 Å². The van der Waals surface area contributed by atoms with E-state index in [1.165, 1.54) is 5.56 Å². The summed E-state index contributed by atoms with van der Waals surface area (Å²) in [6.45, 7) is 7.44. The molecule has 5 heteroatoms. The van der Waals surface area contributed by atoms with E-state index in [0.717, 1.165) is 18.7 Å². The van der Waals surface area contributed by atoms with Crippen LogP contribution in [-0.2, 0) is 16.0 Å². The van der Waals surface area contributed by atoms with Gasteiger partial charge < -0.3 is 10.2 Å². The van der Waals surface area contributed by atoms with Crippen LogP contribution in [0.5, 0.6) is 0 Å². The van der Waals surface area contributed by atoms with E-state index in [-0.39, 0.29) is 30.8 Å². The van der Waals surface area contributed by atoms with Gasteiger partial charge in [0.2, 0.25) is 11.8 Å². The third kappa shape index (κ3) is 4.87. The molecule has 28 heavy (non-hydrogen) atoms. The van der Waals surface area contributed by atoms with Gasteiger partial charge in [0.25, 0.3) is 0 Å². The van der Waals surface area contributed by atoms with E-state index in [2.05, 4.69) is 28.9 Å². The summed E-state index contributed by atoms with van der Waals surface area (Å²) in [5, 5.41) is 2.90. The van der Waals surface area contributed by atoms with Crippen molar-refractivity contribution in [3.63, 3.8) is 0 Å². The Bertz CT molecular complexity index is 835. The lowest BCUT2D eigenvalue weighted by atomic mass is 10.1. The van der Waals surface area contributed by atoms with Crippen LogP contribution in [0.3, 0.4) is 0 Å². The van der Waals surface area contributed by atoms with Crippen LogP contribution in [-0.4, -0.2) is 42.4 Å². The molecule has 1 N–H and O–H groups in total. The predicted molar refractivity (Wildman–Crippen MR) is 113 cm³/mol. The first-order valence-electron chi connectivity index (χ1n) is 9.66. The summed E-state index contributed by atoms with van der Waals surface area (Å²) in [7, 11) is 0. The fourth-order valence-corrected chi connectivity index (χ4v) is 3.58. The van der Waals surface area contributed by atoms with Crippen LogP contribution in [0, 0.1) is 0 Å². The zero-order valence-electron chi connectivity index (χ0n) is 16.3. The van der Waals surface area contributed by atoms with Crippen LogP contribution in [0.2, 0.25) is 0 Å². The number of nitrogens with zero attached hydrogens (tertiary/aromatic N) is 2. The fourth-order valence-electron chi connectivity index (χ4n) is 3.58. The van der Waals surface area contributed by atoms with Crippen molar-refractivity contribution in [2.45, 2.75) is 25.8 Å². The van der Waals surface area contributed by atoms with Gasteiger partial charge in [0.05, 0.1) is 17.9 Å². The smallest absolute Gasteiger partial charge is 0.241 e. The maximum absolute atomic E-state index is 13.2. The molecule has 1 aliphatic heterocycles. The van der Waals surface area contributed by atoms with Gasteiger partial charge in [-0.2, -0.15) is 0 Å². The van der Waals surface area contributed by atoms with Gasteiger partial charge in [0.1, 0.15) is 0 Å². The number of rotatable bonds is 7. The van der Waals surface area contributed by atoms with Crippen molar-refractivity contribution in [3.05, 3.63) is 72.8 Å². The summed E-state index contributed by atoms with van der Waals surface area (Å²) in [6, 6.07) is 17.5. The normalized spacial score (nSPS) is 16.3. The Morgan fingerprint density at radius 1 is 1.21 bits per heavy atom. The number of fused-ring (bicyclic) bond motifs is 1. The van der Waals surface area contributed by atoms with Crippen molar-refractivity contribution in [1.29, 1.82) is 0 Å². The SMILES string of the molecule is C=CCN(CCc1ccccc1)CC(=O)N1c2ccccc2NC(=O)CC1C. The molecule has 0 saturated carbocycles. The second-order valence-corrected chi connectivity index (χ2v) is 7.14. The highest BCUT2D eigenvalue weighted by molar-refractivity contribution is 6.04. The number of carbonyl (C=O) groups is 2. The van der Waals surface area contributed by atoms with E-state index >= 15 is 0 Å². The predicted octanol–water partition coefficient (Wildman–Crippen LogP) is 3.48. The van der Waals surface area contributed by atoms with Crippen LogP contribution in [0.4, 0.5) is 11.4 Å². The van der Waals surface area contributed by atoms with Crippen LogP contribution in [0.15, 0.2) is 67.3 Å². The molecule has 2 aromatic carbocycles. The summed E-state index contributed by atoms with van der Waals surface area (Å²) < 4.78 is 0. The molecular formula is C23H27N3O2. The van der Waals surface area contributed by atoms with E-state index < -0.39 is 0 Å². The largest absolute Gasteiger partial charge is 0.324 e. The first kappa shape index (κ1) is 19.8. The number of hydrogen-bond donors (Lipinski definition) is 1. The van der Waals surface area contributed by atoms with Crippen molar-refractivity contribution in [3.8, 4) is 0 Å². The van der Waals surface area contributed by atoms with E-state index in [1.807, 2.05) is 55.5 Å².